The number of aliphatic hydroxyl groups is 4. The third-order valence-corrected chi connectivity index (χ3v) is 1.37. The Morgan fingerprint density at radius 1 is 1.33 bits per heavy atom. The van der Waals surface area contributed by atoms with Gasteiger partial charge in [-0.25, -0.2) is 4.39 Å². The maximum Gasteiger partial charge on any atom is 0.161 e. The molecule has 0 aliphatic carbocycles. The molecule has 6 heteroatoms. The van der Waals surface area contributed by atoms with Gasteiger partial charge in [0.15, 0.2) is 12.5 Å². The summed E-state index contributed by atoms with van der Waals surface area (Å²) < 4.78 is 12.6. The molecule has 5 nitrogen and oxygen atoms in total. The first-order valence-corrected chi connectivity index (χ1v) is 3.29. The molecular weight excluding hydrogens is 170 g/mol. The van der Waals surface area contributed by atoms with Crippen molar-refractivity contribution in [2.75, 3.05) is 6.61 Å². The fraction of sp³-hybridized carbons (Fsp3) is 0.833. The van der Waals surface area contributed by atoms with Crippen molar-refractivity contribution in [3.8, 4) is 0 Å². The van der Waals surface area contributed by atoms with Crippen molar-refractivity contribution in [2.45, 2.75) is 24.5 Å². The first kappa shape index (κ1) is 11.4. The number of carbonyl (C=O) groups excluding carboxylic acids is 1. The standard InChI is InChI=1S/C6H11FO5/c7-5(3(10)1-8)6(12)4(11)2-9/h1,3-6,9-12H,2H2/t3-,4-,5-,6-/m1/s1/i7-1. The van der Waals surface area contributed by atoms with Crippen LogP contribution in [0.1, 0.15) is 0 Å². The van der Waals surface area contributed by atoms with Crippen molar-refractivity contribution >= 4 is 6.29 Å². The van der Waals surface area contributed by atoms with E-state index in [0.717, 1.165) is 0 Å². The topological polar surface area (TPSA) is 98.0 Å². The van der Waals surface area contributed by atoms with Gasteiger partial charge < -0.3 is 25.2 Å². The second-order valence-electron chi connectivity index (χ2n) is 2.31. The molecule has 0 saturated heterocycles. The minimum Gasteiger partial charge on any atom is -0.394 e. The van der Waals surface area contributed by atoms with E-state index in [1.807, 2.05) is 0 Å². The second kappa shape index (κ2) is 5.15. The molecule has 72 valence electrons. The van der Waals surface area contributed by atoms with Crippen LogP contribution in [0.3, 0.4) is 0 Å². The van der Waals surface area contributed by atoms with E-state index in [0.29, 0.717) is 0 Å². The lowest BCUT2D eigenvalue weighted by Gasteiger charge is -2.20. The van der Waals surface area contributed by atoms with Crippen molar-refractivity contribution in [2.24, 2.45) is 0 Å². The number of hydrogen-bond acceptors (Lipinski definition) is 5. The molecule has 0 aromatic heterocycles. The lowest BCUT2D eigenvalue weighted by molar-refractivity contribution is -0.126. The average Bonchev–Trinajstić information content (AvgIpc) is 2.12. The summed E-state index contributed by atoms with van der Waals surface area (Å²) in [5.74, 6) is 0. The first-order valence-electron chi connectivity index (χ1n) is 3.29. The van der Waals surface area contributed by atoms with Gasteiger partial charge in [-0.15, -0.1) is 0 Å². The third-order valence-electron chi connectivity index (χ3n) is 1.37. The fourth-order valence-corrected chi connectivity index (χ4v) is 0.597. The molecule has 0 heterocycles. The third kappa shape index (κ3) is 2.82. The number of hydrogen-bond donors (Lipinski definition) is 4. The van der Waals surface area contributed by atoms with Crippen LogP contribution in [0, 0.1) is 0 Å². The van der Waals surface area contributed by atoms with Gasteiger partial charge in [0, 0.05) is 0 Å². The molecule has 0 radical (unpaired) electrons. The molecule has 0 aliphatic heterocycles. The SMILES string of the molecule is O=C[C@@H](O)[C@@H]([18F])[C@H](O)[C@H](O)CO. The van der Waals surface area contributed by atoms with Crippen LogP contribution in [-0.2, 0) is 4.79 Å². The van der Waals surface area contributed by atoms with Gasteiger partial charge in [0.1, 0.15) is 18.3 Å². The lowest BCUT2D eigenvalue weighted by Crippen LogP contribution is -2.43. The Morgan fingerprint density at radius 3 is 2.17 bits per heavy atom. The van der Waals surface area contributed by atoms with Crippen LogP contribution < -0.4 is 0 Å². The first-order chi connectivity index (χ1) is 5.54. The molecule has 0 bridgehead atoms. The number of rotatable bonds is 5. The van der Waals surface area contributed by atoms with Crippen molar-refractivity contribution in [3.63, 3.8) is 0 Å². The highest BCUT2D eigenvalue weighted by molar-refractivity contribution is 5.56. The summed E-state index contributed by atoms with van der Waals surface area (Å²) in [6, 6.07) is 0. The molecule has 0 fully saturated rings. The quantitative estimate of drug-likeness (QED) is 0.354. The molecule has 0 unspecified atom stereocenters. The molecule has 4 atom stereocenters. The number of aliphatic hydroxyl groups excluding tert-OH is 4. The minimum atomic E-state index is -2.29. The zero-order chi connectivity index (χ0) is 9.72. The van der Waals surface area contributed by atoms with E-state index in [-0.39, 0.29) is 6.29 Å². The maximum absolute atomic E-state index is 12.6. The van der Waals surface area contributed by atoms with Crippen molar-refractivity contribution in [3.05, 3.63) is 0 Å². The Labute approximate surface area is 68.1 Å². The summed E-state index contributed by atoms with van der Waals surface area (Å²) in [6.07, 6.45) is -8.03. The zero-order valence-corrected chi connectivity index (χ0v) is 6.17. The van der Waals surface area contributed by atoms with E-state index >= 15 is 0 Å². The Kier molecular flexibility index (Phi) is 4.91. The Hall–Kier alpha value is -0.560. The molecule has 0 aromatic carbocycles. The van der Waals surface area contributed by atoms with Crippen molar-refractivity contribution in [1.82, 2.24) is 0 Å². The van der Waals surface area contributed by atoms with Crippen LogP contribution in [0.25, 0.3) is 0 Å². The van der Waals surface area contributed by atoms with E-state index < -0.39 is 31.1 Å². The average molecular weight is 181 g/mol. The van der Waals surface area contributed by atoms with Crippen molar-refractivity contribution in [1.29, 1.82) is 0 Å². The summed E-state index contributed by atoms with van der Waals surface area (Å²) in [4.78, 5) is 9.82. The number of aldehydes is 1. The molecule has 0 amide bonds. The Balaban J connectivity index is 4.07. The predicted octanol–water partition coefficient (Wildman–Crippen LogP) is -2.40. The zero-order valence-electron chi connectivity index (χ0n) is 6.17. The maximum atomic E-state index is 12.6. The van der Waals surface area contributed by atoms with E-state index in [2.05, 4.69) is 0 Å². The summed E-state index contributed by atoms with van der Waals surface area (Å²) in [5.41, 5.74) is 0. The molecular formula is C6H11FO5. The van der Waals surface area contributed by atoms with E-state index in [1.165, 1.54) is 0 Å². The highest BCUT2D eigenvalue weighted by Gasteiger charge is 2.31. The number of halogens is 1. The van der Waals surface area contributed by atoms with Crippen LogP contribution in [0.2, 0.25) is 0 Å². The number of alkyl halides is 1. The van der Waals surface area contributed by atoms with Crippen molar-refractivity contribution < 1.29 is 29.6 Å². The van der Waals surface area contributed by atoms with Gasteiger partial charge in [-0.05, 0) is 0 Å². The molecule has 0 spiro atoms. The van der Waals surface area contributed by atoms with E-state index in [9.17, 15) is 9.18 Å². The molecule has 12 heavy (non-hydrogen) atoms. The highest BCUT2D eigenvalue weighted by atomic mass is 18.2. The minimum absolute atomic E-state index is 0.0992. The van der Waals surface area contributed by atoms with Crippen LogP contribution in [0.15, 0.2) is 0 Å². The van der Waals surface area contributed by atoms with Crippen LogP contribution in [0.5, 0.6) is 0 Å². The Bertz CT molecular complexity index is 142. The van der Waals surface area contributed by atoms with Gasteiger partial charge in [0.2, 0.25) is 0 Å². The highest BCUT2D eigenvalue weighted by Crippen LogP contribution is 2.07. The van der Waals surface area contributed by atoms with Gasteiger partial charge in [-0.3, -0.25) is 0 Å². The lowest BCUT2D eigenvalue weighted by atomic mass is 10.1. The summed E-state index contributed by atoms with van der Waals surface area (Å²) in [5, 5.41) is 34.3. The van der Waals surface area contributed by atoms with Gasteiger partial charge in [-0.2, -0.15) is 0 Å². The largest absolute Gasteiger partial charge is 0.394 e. The smallest absolute Gasteiger partial charge is 0.161 e. The van der Waals surface area contributed by atoms with Gasteiger partial charge in [-0.1, -0.05) is 0 Å². The number of carbonyl (C=O) groups is 1. The predicted molar refractivity (Wildman–Crippen MR) is 36.1 cm³/mol. The van der Waals surface area contributed by atoms with Crippen LogP contribution >= 0.6 is 0 Å². The summed E-state index contributed by atoms with van der Waals surface area (Å²) in [6.45, 7) is -0.840. The van der Waals surface area contributed by atoms with E-state index in [4.69, 9.17) is 20.4 Å². The normalized spacial score (nSPS) is 21.1. The van der Waals surface area contributed by atoms with E-state index in [1.54, 1.807) is 0 Å². The van der Waals surface area contributed by atoms with Gasteiger partial charge in [0.05, 0.1) is 6.61 Å². The second-order valence-corrected chi connectivity index (χ2v) is 2.31. The molecule has 0 aromatic rings. The Morgan fingerprint density at radius 2 is 1.83 bits per heavy atom. The summed E-state index contributed by atoms with van der Waals surface area (Å²) >= 11 is 0. The monoisotopic (exact) mass is 181 g/mol. The molecule has 0 saturated carbocycles. The molecule has 0 aliphatic rings. The molecule has 4 N–H and O–H groups in total. The van der Waals surface area contributed by atoms with Crippen LogP contribution in [0.4, 0.5) is 4.39 Å². The molecule has 0 rings (SSSR count). The van der Waals surface area contributed by atoms with Gasteiger partial charge >= 0.3 is 0 Å². The van der Waals surface area contributed by atoms with Gasteiger partial charge in [0.25, 0.3) is 0 Å². The fourth-order valence-electron chi connectivity index (χ4n) is 0.597. The summed E-state index contributed by atoms with van der Waals surface area (Å²) in [7, 11) is 0. The van der Waals surface area contributed by atoms with Crippen LogP contribution in [-0.4, -0.2) is 57.8 Å².